The number of ether oxygens (including phenoxy) is 1. The van der Waals surface area contributed by atoms with E-state index in [4.69, 9.17) is 0 Å². The summed E-state index contributed by atoms with van der Waals surface area (Å²) in [5, 5.41) is 0. The number of nitrogens with two attached hydrogens (primary N) is 1. The summed E-state index contributed by atoms with van der Waals surface area (Å²) in [7, 11) is 0. The van der Waals surface area contributed by atoms with E-state index in [9.17, 15) is 22.8 Å². The number of carbonyl (C=O) groups excluding carboxylic acids is 2. The lowest BCUT2D eigenvalue weighted by molar-refractivity contribution is -0.144. The second-order valence-corrected chi connectivity index (χ2v) is 2.72. The Bertz CT molecular complexity index is 283. The van der Waals surface area contributed by atoms with Gasteiger partial charge in [-0.15, -0.1) is 0 Å². The van der Waals surface area contributed by atoms with Gasteiger partial charge in [0.05, 0.1) is 0 Å². The van der Waals surface area contributed by atoms with E-state index < -0.39 is 36.7 Å². The summed E-state index contributed by atoms with van der Waals surface area (Å²) in [6, 6.07) is 0. The molecule has 0 aromatic heterocycles. The van der Waals surface area contributed by atoms with E-state index in [1.165, 1.54) is 6.92 Å². The van der Waals surface area contributed by atoms with Crippen LogP contribution in [0.5, 0.6) is 0 Å². The van der Waals surface area contributed by atoms with Crippen LogP contribution in [0.15, 0.2) is 11.8 Å². The van der Waals surface area contributed by atoms with Crippen molar-refractivity contribution in [3.8, 4) is 0 Å². The van der Waals surface area contributed by atoms with Gasteiger partial charge in [0.1, 0.15) is 24.5 Å². The molecular formula is C8H10F3NO3. The molecule has 2 N–H and O–H groups in total. The predicted molar refractivity (Wildman–Crippen MR) is 44.6 cm³/mol. The monoisotopic (exact) mass is 225 g/mol. The van der Waals surface area contributed by atoms with E-state index in [1.807, 2.05) is 0 Å². The van der Waals surface area contributed by atoms with Crippen LogP contribution in [0.3, 0.4) is 0 Å². The topological polar surface area (TPSA) is 69.4 Å². The first kappa shape index (κ1) is 13.5. The van der Waals surface area contributed by atoms with Gasteiger partial charge in [-0.2, -0.15) is 13.2 Å². The van der Waals surface area contributed by atoms with Gasteiger partial charge in [0, 0.05) is 0 Å². The lowest BCUT2D eigenvalue weighted by Gasteiger charge is -2.06. The van der Waals surface area contributed by atoms with Crippen molar-refractivity contribution in [3.05, 3.63) is 11.8 Å². The molecule has 86 valence electrons. The molecule has 0 aromatic carbocycles. The molecule has 0 heterocycles. The Labute approximate surface area is 83.9 Å². The van der Waals surface area contributed by atoms with Gasteiger partial charge < -0.3 is 10.5 Å². The largest absolute Gasteiger partial charge is 0.461 e. The molecule has 0 rings (SSSR count). The second kappa shape index (κ2) is 5.38. The van der Waals surface area contributed by atoms with Crippen LogP contribution in [0.2, 0.25) is 0 Å². The molecule has 0 spiro atoms. The molecular weight excluding hydrogens is 215 g/mol. The Kier molecular flexibility index (Phi) is 4.83. The van der Waals surface area contributed by atoms with Crippen molar-refractivity contribution >= 4 is 11.8 Å². The first-order valence-corrected chi connectivity index (χ1v) is 3.91. The Morgan fingerprint density at radius 2 is 1.93 bits per heavy atom. The lowest BCUT2D eigenvalue weighted by atomic mass is 10.3. The highest BCUT2D eigenvalue weighted by Crippen LogP contribution is 2.20. The molecule has 0 aliphatic heterocycles. The molecule has 0 saturated carbocycles. The summed E-state index contributed by atoms with van der Waals surface area (Å²) in [5.41, 5.74) is 3.28. The van der Waals surface area contributed by atoms with Crippen LogP contribution < -0.4 is 5.73 Å². The Morgan fingerprint density at radius 1 is 1.40 bits per heavy atom. The summed E-state index contributed by atoms with van der Waals surface area (Å²) in [6.07, 6.45) is -4.56. The minimum absolute atomic E-state index is 0.423. The number of alkyl halides is 3. The van der Waals surface area contributed by atoms with Gasteiger partial charge in [-0.05, 0) is 13.0 Å². The molecule has 4 nitrogen and oxygen atoms in total. The standard InChI is InChI=1S/C8H10F3NO3/c1-5(13)4-7(14)15-3-2-6(12)8(9,10)11/h2H,3-4,12H2,1H3. The maximum absolute atomic E-state index is 11.8. The van der Waals surface area contributed by atoms with Gasteiger partial charge in [-0.1, -0.05) is 0 Å². The fourth-order valence-corrected chi connectivity index (χ4v) is 0.594. The zero-order chi connectivity index (χ0) is 12.1. The quantitative estimate of drug-likeness (QED) is 0.570. The van der Waals surface area contributed by atoms with Crippen molar-refractivity contribution in [2.75, 3.05) is 6.61 Å². The van der Waals surface area contributed by atoms with Crippen molar-refractivity contribution in [2.24, 2.45) is 5.73 Å². The summed E-state index contributed by atoms with van der Waals surface area (Å²) in [4.78, 5) is 21.1. The maximum Gasteiger partial charge on any atom is 0.430 e. The smallest absolute Gasteiger partial charge is 0.430 e. The third-order valence-corrected chi connectivity index (χ3v) is 1.27. The Morgan fingerprint density at radius 3 is 2.33 bits per heavy atom. The minimum Gasteiger partial charge on any atom is -0.461 e. The maximum atomic E-state index is 11.8. The molecule has 0 unspecified atom stereocenters. The van der Waals surface area contributed by atoms with Crippen molar-refractivity contribution < 1.29 is 27.5 Å². The first-order valence-electron chi connectivity index (χ1n) is 3.91. The number of rotatable bonds is 4. The lowest BCUT2D eigenvalue weighted by Crippen LogP contribution is -2.20. The van der Waals surface area contributed by atoms with Crippen LogP contribution in [0.4, 0.5) is 13.2 Å². The first-order chi connectivity index (χ1) is 6.73. The minimum atomic E-state index is -4.63. The Balaban J connectivity index is 3.98. The van der Waals surface area contributed by atoms with Gasteiger partial charge in [0.2, 0.25) is 0 Å². The van der Waals surface area contributed by atoms with E-state index in [1.54, 1.807) is 0 Å². The number of ketones is 1. The van der Waals surface area contributed by atoms with Crippen LogP contribution in [0, 0.1) is 0 Å². The van der Waals surface area contributed by atoms with Gasteiger partial charge in [-0.3, -0.25) is 9.59 Å². The highest BCUT2D eigenvalue weighted by Gasteiger charge is 2.31. The molecule has 0 aliphatic rings. The average Bonchev–Trinajstić information content (AvgIpc) is 2.00. The number of esters is 1. The fraction of sp³-hybridized carbons (Fsp3) is 0.500. The van der Waals surface area contributed by atoms with Crippen LogP contribution in [-0.2, 0) is 14.3 Å². The molecule has 15 heavy (non-hydrogen) atoms. The highest BCUT2D eigenvalue weighted by molar-refractivity contribution is 5.94. The van der Waals surface area contributed by atoms with Crippen LogP contribution in [0.25, 0.3) is 0 Å². The number of carbonyl (C=O) groups is 2. The zero-order valence-corrected chi connectivity index (χ0v) is 7.93. The number of allylic oxidation sites excluding steroid dienone is 1. The highest BCUT2D eigenvalue weighted by atomic mass is 19.4. The molecule has 0 saturated heterocycles. The van der Waals surface area contributed by atoms with Gasteiger partial charge in [-0.25, -0.2) is 0 Å². The third-order valence-electron chi connectivity index (χ3n) is 1.27. The van der Waals surface area contributed by atoms with Crippen molar-refractivity contribution in [3.63, 3.8) is 0 Å². The van der Waals surface area contributed by atoms with Crippen molar-refractivity contribution in [2.45, 2.75) is 19.5 Å². The fourth-order valence-electron chi connectivity index (χ4n) is 0.594. The van der Waals surface area contributed by atoms with E-state index in [2.05, 4.69) is 10.5 Å². The van der Waals surface area contributed by atoms with Gasteiger partial charge in [0.15, 0.2) is 0 Å². The molecule has 0 amide bonds. The number of Topliss-reactive ketones (excluding diaryl/α,β-unsaturated/α-hetero) is 1. The average molecular weight is 225 g/mol. The van der Waals surface area contributed by atoms with E-state index >= 15 is 0 Å². The SMILES string of the molecule is CC(=O)CC(=O)OCC=C(N)C(F)(F)F. The molecule has 0 aromatic rings. The van der Waals surface area contributed by atoms with Gasteiger partial charge >= 0.3 is 12.1 Å². The molecule has 0 radical (unpaired) electrons. The van der Waals surface area contributed by atoms with Crippen molar-refractivity contribution in [1.82, 2.24) is 0 Å². The van der Waals surface area contributed by atoms with Crippen molar-refractivity contribution in [1.29, 1.82) is 0 Å². The van der Waals surface area contributed by atoms with Crippen LogP contribution in [-0.4, -0.2) is 24.5 Å². The normalized spacial score (nSPS) is 12.4. The summed E-state index contributed by atoms with van der Waals surface area (Å²) in [6.45, 7) is 0.568. The molecule has 0 bridgehead atoms. The van der Waals surface area contributed by atoms with Crippen LogP contribution >= 0.6 is 0 Å². The second-order valence-electron chi connectivity index (χ2n) is 2.72. The molecule has 0 aliphatic carbocycles. The number of halogens is 3. The van der Waals surface area contributed by atoms with Gasteiger partial charge in [0.25, 0.3) is 0 Å². The molecule has 7 heteroatoms. The van der Waals surface area contributed by atoms with E-state index in [0.29, 0.717) is 6.08 Å². The Hall–Kier alpha value is -1.53. The molecule has 0 atom stereocenters. The predicted octanol–water partition coefficient (Wildman–Crippen LogP) is 0.914. The number of hydrogen-bond donors (Lipinski definition) is 1. The summed E-state index contributed by atoms with van der Waals surface area (Å²) < 4.78 is 39.7. The number of hydrogen-bond acceptors (Lipinski definition) is 4. The van der Waals surface area contributed by atoms with E-state index in [-0.39, 0.29) is 0 Å². The zero-order valence-electron chi connectivity index (χ0n) is 7.93. The third kappa shape index (κ3) is 6.53. The molecule has 0 fully saturated rings. The summed E-state index contributed by atoms with van der Waals surface area (Å²) in [5.74, 6) is -1.30. The summed E-state index contributed by atoms with van der Waals surface area (Å²) >= 11 is 0. The van der Waals surface area contributed by atoms with Crippen LogP contribution in [0.1, 0.15) is 13.3 Å². The van der Waals surface area contributed by atoms with E-state index in [0.717, 1.165) is 0 Å².